The maximum atomic E-state index is 2.27. The topological polar surface area (TPSA) is 14.2 Å². The van der Waals surface area contributed by atoms with Gasteiger partial charge in [0.1, 0.15) is 13.1 Å². The first-order valence-corrected chi connectivity index (χ1v) is 13.4. The summed E-state index contributed by atoms with van der Waals surface area (Å²) in [6.45, 7) is 2.06. The Bertz CT molecular complexity index is 1210. The summed E-state index contributed by atoms with van der Waals surface area (Å²) >= 11 is 0. The SMILES string of the molecule is CN(C)c1ccc(C=Cc2cc[n+](CCCC[n+]3ccc(C=Cc4ccc(N(C)C)cc4)cc3)cc2)cc1. The summed E-state index contributed by atoms with van der Waals surface area (Å²) in [5.41, 5.74) is 7.29. The Morgan fingerprint density at radius 2 is 0.737 bits per heavy atom. The van der Waals surface area contributed by atoms with E-state index in [4.69, 9.17) is 0 Å². The average molecular weight is 505 g/mol. The van der Waals surface area contributed by atoms with Crippen LogP contribution in [0.2, 0.25) is 0 Å². The van der Waals surface area contributed by atoms with Gasteiger partial charge in [-0.2, -0.15) is 0 Å². The van der Waals surface area contributed by atoms with Gasteiger partial charge in [0.05, 0.1) is 0 Å². The van der Waals surface area contributed by atoms with Gasteiger partial charge in [0.15, 0.2) is 24.8 Å². The van der Waals surface area contributed by atoms with Crippen molar-refractivity contribution in [2.24, 2.45) is 0 Å². The van der Waals surface area contributed by atoms with E-state index in [-0.39, 0.29) is 0 Å². The number of aromatic nitrogens is 2. The van der Waals surface area contributed by atoms with Crippen LogP contribution in [0.3, 0.4) is 0 Å². The number of hydrogen-bond acceptors (Lipinski definition) is 2. The van der Waals surface area contributed by atoms with Crippen LogP contribution < -0.4 is 18.9 Å². The van der Waals surface area contributed by atoms with Gasteiger partial charge in [-0.3, -0.25) is 0 Å². The highest BCUT2D eigenvalue weighted by Gasteiger charge is 2.04. The second kappa shape index (κ2) is 13.4. The molecule has 0 spiro atoms. The quantitative estimate of drug-likeness (QED) is 0.178. The van der Waals surface area contributed by atoms with Crippen LogP contribution in [-0.4, -0.2) is 28.2 Å². The molecule has 0 fully saturated rings. The highest BCUT2D eigenvalue weighted by atomic mass is 15.1. The van der Waals surface area contributed by atoms with Gasteiger partial charge in [0.2, 0.25) is 0 Å². The molecule has 0 saturated heterocycles. The molecule has 4 heteroatoms. The van der Waals surface area contributed by atoms with E-state index in [1.165, 1.54) is 33.6 Å². The van der Waals surface area contributed by atoms with Crippen LogP contribution in [0.1, 0.15) is 35.1 Å². The zero-order valence-electron chi connectivity index (χ0n) is 23.2. The van der Waals surface area contributed by atoms with Crippen molar-refractivity contribution in [3.63, 3.8) is 0 Å². The smallest absolute Gasteiger partial charge is 0.169 e. The van der Waals surface area contributed by atoms with Crippen molar-refractivity contribution in [3.8, 4) is 0 Å². The van der Waals surface area contributed by atoms with Crippen molar-refractivity contribution >= 4 is 35.7 Å². The Hall–Kier alpha value is -4.18. The van der Waals surface area contributed by atoms with Crippen molar-refractivity contribution in [1.82, 2.24) is 0 Å². The van der Waals surface area contributed by atoms with Gasteiger partial charge >= 0.3 is 0 Å². The first kappa shape index (κ1) is 26.9. The highest BCUT2D eigenvalue weighted by molar-refractivity contribution is 5.71. The number of nitrogens with zero attached hydrogens (tertiary/aromatic N) is 4. The van der Waals surface area contributed by atoms with Crippen LogP contribution >= 0.6 is 0 Å². The van der Waals surface area contributed by atoms with Gasteiger partial charge in [0, 0.05) is 76.7 Å². The molecule has 4 nitrogen and oxygen atoms in total. The van der Waals surface area contributed by atoms with Crippen molar-refractivity contribution in [1.29, 1.82) is 0 Å². The predicted octanol–water partition coefficient (Wildman–Crippen LogP) is 6.21. The van der Waals surface area contributed by atoms with E-state index in [0.29, 0.717) is 0 Å². The van der Waals surface area contributed by atoms with Gasteiger partial charge < -0.3 is 9.80 Å². The molecule has 0 aliphatic carbocycles. The molecule has 194 valence electrons. The van der Waals surface area contributed by atoms with E-state index >= 15 is 0 Å². The summed E-state index contributed by atoms with van der Waals surface area (Å²) in [4.78, 5) is 4.23. The fourth-order valence-corrected chi connectivity index (χ4v) is 4.20. The molecule has 0 saturated carbocycles. The molecule has 2 aromatic carbocycles. The Morgan fingerprint density at radius 1 is 0.447 bits per heavy atom. The third-order valence-electron chi connectivity index (χ3n) is 6.67. The summed E-state index contributed by atoms with van der Waals surface area (Å²) < 4.78 is 4.54. The van der Waals surface area contributed by atoms with Crippen LogP contribution in [-0.2, 0) is 13.1 Å². The van der Waals surface area contributed by atoms with Crippen LogP contribution in [0, 0.1) is 0 Å². The van der Waals surface area contributed by atoms with E-state index in [2.05, 4.69) is 169 Å². The van der Waals surface area contributed by atoms with Gasteiger partial charge in [-0.15, -0.1) is 0 Å². The van der Waals surface area contributed by atoms with E-state index in [0.717, 1.165) is 25.9 Å². The molecular formula is C34H40N4+2. The molecule has 0 bridgehead atoms. The zero-order chi connectivity index (χ0) is 26.7. The number of aryl methyl sites for hydroxylation is 2. The second-order valence-corrected chi connectivity index (χ2v) is 10.1. The molecule has 0 unspecified atom stereocenters. The Labute approximate surface area is 228 Å². The van der Waals surface area contributed by atoms with Crippen molar-refractivity contribution in [2.45, 2.75) is 25.9 Å². The number of pyridine rings is 2. The summed E-state index contributed by atoms with van der Waals surface area (Å²) in [5, 5.41) is 0. The molecule has 2 aromatic heterocycles. The van der Waals surface area contributed by atoms with Crippen LogP contribution in [0.4, 0.5) is 11.4 Å². The monoisotopic (exact) mass is 504 g/mol. The number of hydrogen-bond donors (Lipinski definition) is 0. The lowest BCUT2D eigenvalue weighted by molar-refractivity contribution is -0.708. The van der Waals surface area contributed by atoms with Gasteiger partial charge in [-0.05, 0) is 46.5 Å². The minimum Gasteiger partial charge on any atom is -0.378 e. The standard InChI is InChI=1S/C34H40N4/c1-35(2)33-15-11-29(12-16-33)7-9-31-19-25-37(26-20-31)23-5-6-24-38-27-21-32(22-28-38)10-8-30-13-17-34(18-14-30)36(3)4/h7-22,25-28H,5-6,23-24H2,1-4H3/q+2. The fourth-order valence-electron chi connectivity index (χ4n) is 4.20. The zero-order valence-corrected chi connectivity index (χ0v) is 23.2. The molecule has 0 amide bonds. The molecule has 38 heavy (non-hydrogen) atoms. The normalized spacial score (nSPS) is 11.4. The van der Waals surface area contributed by atoms with Crippen LogP contribution in [0.25, 0.3) is 24.3 Å². The van der Waals surface area contributed by atoms with Gasteiger partial charge in [-0.1, -0.05) is 48.6 Å². The Balaban J connectivity index is 1.19. The van der Waals surface area contributed by atoms with E-state index in [9.17, 15) is 0 Å². The maximum absolute atomic E-state index is 2.27. The Kier molecular flexibility index (Phi) is 9.47. The van der Waals surface area contributed by atoms with Crippen molar-refractivity contribution < 1.29 is 9.13 Å². The van der Waals surface area contributed by atoms with Crippen LogP contribution in [0.15, 0.2) is 97.6 Å². The van der Waals surface area contributed by atoms with Crippen molar-refractivity contribution in [2.75, 3.05) is 38.0 Å². The third-order valence-corrected chi connectivity index (χ3v) is 6.67. The summed E-state index contributed by atoms with van der Waals surface area (Å²) in [7, 11) is 8.25. The maximum Gasteiger partial charge on any atom is 0.169 e. The average Bonchev–Trinajstić information content (AvgIpc) is 2.95. The number of rotatable bonds is 11. The van der Waals surface area contributed by atoms with Crippen LogP contribution in [0.5, 0.6) is 0 Å². The number of benzene rings is 2. The second-order valence-electron chi connectivity index (χ2n) is 10.1. The van der Waals surface area contributed by atoms with Gasteiger partial charge in [-0.25, -0.2) is 9.13 Å². The van der Waals surface area contributed by atoms with Gasteiger partial charge in [0.25, 0.3) is 0 Å². The summed E-state index contributed by atoms with van der Waals surface area (Å²) in [6, 6.07) is 25.9. The first-order valence-electron chi connectivity index (χ1n) is 13.4. The lowest BCUT2D eigenvalue weighted by Gasteiger charge is -2.11. The summed E-state index contributed by atoms with van der Waals surface area (Å²) in [5.74, 6) is 0. The largest absolute Gasteiger partial charge is 0.378 e. The highest BCUT2D eigenvalue weighted by Crippen LogP contribution is 2.15. The first-order chi connectivity index (χ1) is 18.5. The van der Waals surface area contributed by atoms with E-state index < -0.39 is 0 Å². The van der Waals surface area contributed by atoms with E-state index in [1.807, 2.05) is 0 Å². The molecule has 0 aliphatic rings. The molecular weight excluding hydrogens is 464 g/mol. The summed E-state index contributed by atoms with van der Waals surface area (Å²) in [6.07, 6.45) is 19.7. The lowest BCUT2D eigenvalue weighted by Crippen LogP contribution is -2.35. The molecule has 0 N–H and O–H groups in total. The number of unbranched alkanes of at least 4 members (excludes halogenated alkanes) is 1. The molecule has 4 rings (SSSR count). The minimum atomic E-state index is 1.03. The fraction of sp³-hybridized carbons (Fsp3) is 0.235. The lowest BCUT2D eigenvalue weighted by atomic mass is 10.1. The predicted molar refractivity (Wildman–Crippen MR) is 162 cm³/mol. The Morgan fingerprint density at radius 3 is 1.03 bits per heavy atom. The minimum absolute atomic E-state index is 1.03. The molecule has 0 aliphatic heterocycles. The van der Waals surface area contributed by atoms with E-state index in [1.54, 1.807) is 0 Å². The molecule has 0 atom stereocenters. The van der Waals surface area contributed by atoms with Crippen molar-refractivity contribution in [3.05, 3.63) is 120 Å². The number of anilines is 2. The third kappa shape index (κ3) is 8.17. The molecule has 0 radical (unpaired) electrons. The molecule has 2 heterocycles. The molecule has 4 aromatic rings.